The van der Waals surface area contributed by atoms with Gasteiger partial charge >= 0.3 is 5.97 Å². The molecule has 0 unspecified atom stereocenters. The summed E-state index contributed by atoms with van der Waals surface area (Å²) in [6.45, 7) is 5.45. The fourth-order valence-corrected chi connectivity index (χ4v) is 2.08. The highest BCUT2D eigenvalue weighted by Gasteiger charge is 1.99. The van der Waals surface area contributed by atoms with E-state index in [1.807, 2.05) is 0 Å². The molecular weight excluding hydrogens is 382 g/mol. The third kappa shape index (κ3) is 14.5. The zero-order chi connectivity index (χ0) is 21.2. The molecule has 0 bridgehead atoms. The number of rotatable bonds is 17. The fourth-order valence-electron chi connectivity index (χ4n) is 2.08. The van der Waals surface area contributed by atoms with Crippen LogP contribution in [0, 0.1) is 0 Å². The van der Waals surface area contributed by atoms with E-state index in [0.29, 0.717) is 65.2 Å². The normalized spacial score (nSPS) is 10.6. The number of ether oxygens (including phenoxy) is 6. The van der Waals surface area contributed by atoms with E-state index >= 15 is 0 Å². The number of hydrogen-bond acceptors (Lipinski definition) is 8. The van der Waals surface area contributed by atoms with Crippen LogP contribution >= 0.6 is 0 Å². The Labute approximate surface area is 171 Å². The van der Waals surface area contributed by atoms with Crippen LogP contribution in [0.5, 0.6) is 5.75 Å². The van der Waals surface area contributed by atoms with Gasteiger partial charge in [-0.15, -0.1) is 0 Å². The monoisotopic (exact) mass is 413 g/mol. The summed E-state index contributed by atoms with van der Waals surface area (Å²) in [6.07, 6.45) is 0.246. The number of amides is 1. The molecule has 9 nitrogen and oxygen atoms in total. The molecule has 0 aliphatic heterocycles. The number of benzene rings is 1. The molecule has 9 heteroatoms. The van der Waals surface area contributed by atoms with Crippen LogP contribution < -0.4 is 10.1 Å². The van der Waals surface area contributed by atoms with E-state index < -0.39 is 0 Å². The van der Waals surface area contributed by atoms with Gasteiger partial charge in [0.2, 0.25) is 5.91 Å². The van der Waals surface area contributed by atoms with Gasteiger partial charge in [-0.05, 0) is 24.3 Å². The lowest BCUT2D eigenvalue weighted by atomic mass is 10.3. The van der Waals surface area contributed by atoms with Gasteiger partial charge < -0.3 is 33.7 Å². The Kier molecular flexibility index (Phi) is 14.3. The summed E-state index contributed by atoms with van der Waals surface area (Å²) < 4.78 is 31.4. The van der Waals surface area contributed by atoms with E-state index in [2.05, 4.69) is 10.1 Å². The third-order valence-corrected chi connectivity index (χ3v) is 3.47. The molecular formula is C20H31NO8. The number of carbonyl (C=O) groups is 2. The van der Waals surface area contributed by atoms with Crippen LogP contribution in [-0.4, -0.2) is 78.4 Å². The predicted octanol–water partition coefficient (Wildman–Crippen LogP) is 1.65. The van der Waals surface area contributed by atoms with Crippen molar-refractivity contribution < 1.29 is 38.0 Å². The van der Waals surface area contributed by atoms with Crippen molar-refractivity contribution in [1.29, 1.82) is 0 Å². The van der Waals surface area contributed by atoms with Gasteiger partial charge in [-0.2, -0.15) is 0 Å². The highest BCUT2D eigenvalue weighted by atomic mass is 16.6. The maximum absolute atomic E-state index is 11.0. The number of hydrogen-bond donors (Lipinski definition) is 1. The van der Waals surface area contributed by atoms with E-state index in [9.17, 15) is 9.59 Å². The number of esters is 1. The second kappa shape index (κ2) is 16.7. The van der Waals surface area contributed by atoms with E-state index in [1.54, 1.807) is 24.3 Å². The molecule has 0 aliphatic carbocycles. The predicted molar refractivity (Wildman–Crippen MR) is 106 cm³/mol. The SMILES string of the molecule is COC(=O)CCOCCOCCOCCOCCOc1ccc(NC(C)=O)cc1. The zero-order valence-corrected chi connectivity index (χ0v) is 17.1. The summed E-state index contributed by atoms with van der Waals surface area (Å²) in [4.78, 5) is 21.8. The van der Waals surface area contributed by atoms with Crippen molar-refractivity contribution >= 4 is 17.6 Å². The van der Waals surface area contributed by atoms with Crippen LogP contribution in [0.4, 0.5) is 5.69 Å². The summed E-state index contributed by atoms with van der Waals surface area (Å²) >= 11 is 0. The van der Waals surface area contributed by atoms with E-state index in [-0.39, 0.29) is 18.3 Å². The van der Waals surface area contributed by atoms with E-state index in [4.69, 9.17) is 23.7 Å². The molecule has 0 radical (unpaired) electrons. The Morgan fingerprint density at radius 3 is 1.72 bits per heavy atom. The number of nitrogens with one attached hydrogen (secondary N) is 1. The van der Waals surface area contributed by atoms with Gasteiger partial charge in [-0.3, -0.25) is 9.59 Å². The first-order valence-electron chi connectivity index (χ1n) is 9.50. The van der Waals surface area contributed by atoms with Gasteiger partial charge in [0, 0.05) is 12.6 Å². The first kappa shape index (κ1) is 24.8. The molecule has 0 saturated carbocycles. The number of anilines is 1. The maximum atomic E-state index is 11.0. The van der Waals surface area contributed by atoms with Crippen LogP contribution in [0.25, 0.3) is 0 Å². The van der Waals surface area contributed by atoms with Crippen LogP contribution in [-0.2, 0) is 33.3 Å². The molecule has 1 aromatic carbocycles. The van der Waals surface area contributed by atoms with Crippen molar-refractivity contribution in [3.8, 4) is 5.75 Å². The van der Waals surface area contributed by atoms with Gasteiger partial charge in [0.05, 0.1) is 66.4 Å². The average Bonchev–Trinajstić information content (AvgIpc) is 2.71. The molecule has 0 fully saturated rings. The largest absolute Gasteiger partial charge is 0.491 e. The van der Waals surface area contributed by atoms with Gasteiger partial charge in [0.15, 0.2) is 0 Å². The lowest BCUT2D eigenvalue weighted by Gasteiger charge is -2.09. The Balaban J connectivity index is 1.83. The molecule has 29 heavy (non-hydrogen) atoms. The molecule has 0 aromatic heterocycles. The second-order valence-corrected chi connectivity index (χ2v) is 5.83. The number of methoxy groups -OCH3 is 1. The van der Waals surface area contributed by atoms with Crippen LogP contribution in [0.3, 0.4) is 0 Å². The molecule has 0 heterocycles. The Bertz CT molecular complexity index is 564. The van der Waals surface area contributed by atoms with Crippen LogP contribution in [0.1, 0.15) is 13.3 Å². The molecule has 164 valence electrons. The van der Waals surface area contributed by atoms with Gasteiger partial charge in [0.25, 0.3) is 0 Å². The first-order chi connectivity index (χ1) is 14.1. The van der Waals surface area contributed by atoms with Crippen molar-refractivity contribution in [3.05, 3.63) is 24.3 Å². The standard InChI is InChI=1S/C20H31NO8/c1-17(22)21-18-3-5-19(6-4-18)29-16-15-28-14-13-27-12-11-26-10-9-25-8-7-20(23)24-2/h3-6H,7-16H2,1-2H3,(H,21,22). The second-order valence-electron chi connectivity index (χ2n) is 5.83. The summed E-state index contributed by atoms with van der Waals surface area (Å²) in [5, 5.41) is 2.69. The minimum atomic E-state index is -0.287. The van der Waals surface area contributed by atoms with Gasteiger partial charge in [-0.1, -0.05) is 0 Å². The van der Waals surface area contributed by atoms with Crippen LogP contribution in [0.15, 0.2) is 24.3 Å². The van der Waals surface area contributed by atoms with E-state index in [0.717, 1.165) is 5.69 Å². The van der Waals surface area contributed by atoms with Crippen molar-refractivity contribution in [3.63, 3.8) is 0 Å². The topological polar surface area (TPSA) is 102 Å². The minimum absolute atomic E-state index is 0.109. The lowest BCUT2D eigenvalue weighted by molar-refractivity contribution is -0.142. The van der Waals surface area contributed by atoms with Gasteiger partial charge in [0.1, 0.15) is 12.4 Å². The Morgan fingerprint density at radius 1 is 0.759 bits per heavy atom. The van der Waals surface area contributed by atoms with Crippen molar-refractivity contribution in [2.75, 3.05) is 71.9 Å². The smallest absolute Gasteiger partial charge is 0.307 e. The van der Waals surface area contributed by atoms with Crippen molar-refractivity contribution in [2.45, 2.75) is 13.3 Å². The van der Waals surface area contributed by atoms with Gasteiger partial charge in [-0.25, -0.2) is 0 Å². The quantitative estimate of drug-likeness (QED) is 0.304. The molecule has 0 saturated heterocycles. The first-order valence-corrected chi connectivity index (χ1v) is 9.50. The zero-order valence-electron chi connectivity index (χ0n) is 17.1. The molecule has 1 N–H and O–H groups in total. The summed E-state index contributed by atoms with van der Waals surface area (Å²) in [5.41, 5.74) is 0.730. The van der Waals surface area contributed by atoms with Crippen LogP contribution in [0.2, 0.25) is 0 Å². The molecule has 1 aromatic rings. The summed E-state index contributed by atoms with van der Waals surface area (Å²) in [7, 11) is 1.35. The van der Waals surface area contributed by atoms with Crippen molar-refractivity contribution in [2.24, 2.45) is 0 Å². The number of carbonyl (C=O) groups excluding carboxylic acids is 2. The van der Waals surface area contributed by atoms with E-state index in [1.165, 1.54) is 14.0 Å². The minimum Gasteiger partial charge on any atom is -0.491 e. The molecule has 0 atom stereocenters. The fraction of sp³-hybridized carbons (Fsp3) is 0.600. The third-order valence-electron chi connectivity index (χ3n) is 3.47. The Morgan fingerprint density at radius 2 is 1.24 bits per heavy atom. The molecule has 0 spiro atoms. The Hall–Kier alpha value is -2.20. The molecule has 0 aliphatic rings. The highest BCUT2D eigenvalue weighted by molar-refractivity contribution is 5.88. The average molecular weight is 413 g/mol. The summed E-state index contributed by atoms with van der Waals surface area (Å²) in [6, 6.07) is 7.14. The maximum Gasteiger partial charge on any atom is 0.307 e. The highest BCUT2D eigenvalue weighted by Crippen LogP contribution is 2.15. The molecule has 1 rings (SSSR count). The summed E-state index contributed by atoms with van der Waals surface area (Å²) in [5.74, 6) is 0.318. The molecule has 1 amide bonds. The van der Waals surface area contributed by atoms with Crippen molar-refractivity contribution in [1.82, 2.24) is 0 Å². The lowest BCUT2D eigenvalue weighted by Crippen LogP contribution is -2.14.